The normalized spacial score (nSPS) is 24.1. The average Bonchev–Trinajstić information content (AvgIpc) is 2.53. The van der Waals surface area contributed by atoms with Gasteiger partial charge < -0.3 is 19.5 Å². The first-order valence-corrected chi connectivity index (χ1v) is 7.89. The highest BCUT2D eigenvalue weighted by molar-refractivity contribution is 5.88. The molecule has 0 aromatic heterocycles. The van der Waals surface area contributed by atoms with Crippen LogP contribution in [0, 0.1) is 5.41 Å². The van der Waals surface area contributed by atoms with Crippen molar-refractivity contribution in [2.75, 3.05) is 20.2 Å². The van der Waals surface area contributed by atoms with E-state index >= 15 is 0 Å². The van der Waals surface area contributed by atoms with E-state index in [1.54, 1.807) is 40.0 Å². The van der Waals surface area contributed by atoms with Crippen LogP contribution in [0.2, 0.25) is 0 Å². The number of carboxylic acid groups (broad SMARTS) is 1. The topological polar surface area (TPSA) is 88.4 Å². The van der Waals surface area contributed by atoms with Gasteiger partial charge in [-0.3, -0.25) is 4.79 Å². The van der Waals surface area contributed by atoms with Crippen LogP contribution in [0.3, 0.4) is 0 Å². The van der Waals surface area contributed by atoms with Crippen molar-refractivity contribution in [1.29, 1.82) is 0 Å². The second-order valence-corrected chi connectivity index (χ2v) is 6.86. The summed E-state index contributed by atoms with van der Waals surface area (Å²) in [5.74, 6) is 0.140. The molecular weight excluding hydrogens is 312 g/mol. The number of carbonyl (C=O) groups is 2. The first-order chi connectivity index (χ1) is 11.2. The fourth-order valence-electron chi connectivity index (χ4n) is 2.52. The number of methoxy groups -OCH3 is 1. The van der Waals surface area contributed by atoms with Crippen LogP contribution in [-0.2, 0) is 14.3 Å². The summed E-state index contributed by atoms with van der Waals surface area (Å²) in [6, 6.07) is -0.210. The van der Waals surface area contributed by atoms with Crippen LogP contribution in [0.4, 0.5) is 4.79 Å². The van der Waals surface area contributed by atoms with Gasteiger partial charge in [0.2, 0.25) is 5.90 Å². The van der Waals surface area contributed by atoms with Gasteiger partial charge >= 0.3 is 12.1 Å². The molecule has 24 heavy (non-hydrogen) atoms. The molecule has 0 saturated carbocycles. The van der Waals surface area contributed by atoms with Crippen LogP contribution in [-0.4, -0.2) is 60.3 Å². The Bertz CT molecular complexity index is 601. The Morgan fingerprint density at radius 2 is 2.08 bits per heavy atom. The molecule has 0 fully saturated rings. The number of ether oxygens (including phenoxy) is 2. The van der Waals surface area contributed by atoms with E-state index in [-0.39, 0.29) is 25.1 Å². The van der Waals surface area contributed by atoms with E-state index in [0.29, 0.717) is 12.3 Å². The van der Waals surface area contributed by atoms with Crippen molar-refractivity contribution < 1.29 is 24.2 Å². The van der Waals surface area contributed by atoms with Crippen LogP contribution in [0.25, 0.3) is 0 Å². The molecule has 1 N–H and O–H groups in total. The summed E-state index contributed by atoms with van der Waals surface area (Å²) < 4.78 is 10.8. The van der Waals surface area contributed by atoms with Gasteiger partial charge in [-0.05, 0) is 38.8 Å². The molecule has 0 aromatic carbocycles. The van der Waals surface area contributed by atoms with E-state index in [9.17, 15) is 14.7 Å². The second kappa shape index (κ2) is 7.07. The number of rotatable bonds is 2. The lowest BCUT2D eigenvalue weighted by Gasteiger charge is -2.35. The van der Waals surface area contributed by atoms with E-state index in [1.165, 1.54) is 4.90 Å². The van der Waals surface area contributed by atoms with Gasteiger partial charge in [-0.2, -0.15) is 0 Å². The zero-order chi connectivity index (χ0) is 17.9. The summed E-state index contributed by atoms with van der Waals surface area (Å²) in [5, 5.41) is 9.22. The van der Waals surface area contributed by atoms with E-state index in [0.717, 1.165) is 5.57 Å². The Morgan fingerprint density at radius 3 is 2.67 bits per heavy atom. The highest BCUT2D eigenvalue weighted by Gasteiger charge is 2.35. The Labute approximate surface area is 141 Å². The number of esters is 1. The lowest BCUT2D eigenvalue weighted by atomic mass is 9.93. The minimum Gasteiger partial charge on any atom is -0.481 e. The molecule has 1 amide bonds. The van der Waals surface area contributed by atoms with Crippen molar-refractivity contribution in [3.05, 3.63) is 23.8 Å². The maximum absolute atomic E-state index is 12.3. The largest absolute Gasteiger partial charge is 0.481 e. The maximum Gasteiger partial charge on any atom is 0.407 e. The summed E-state index contributed by atoms with van der Waals surface area (Å²) in [5.41, 5.74) is 0.160. The number of hydrogen-bond donors (Lipinski definition) is 1. The lowest BCUT2D eigenvalue weighted by Crippen LogP contribution is -2.46. The Morgan fingerprint density at radius 1 is 1.38 bits per heavy atom. The molecule has 0 bridgehead atoms. The first-order valence-electron chi connectivity index (χ1n) is 7.89. The SMILES string of the molecule is COC1=N[C@@H](C2=CCN(C(=O)O)CC2OC(=O)C(C)(C)C)CC=C1. The van der Waals surface area contributed by atoms with Crippen molar-refractivity contribution in [2.24, 2.45) is 10.4 Å². The molecule has 132 valence electrons. The molecule has 2 atom stereocenters. The van der Waals surface area contributed by atoms with Crippen LogP contribution in [0.15, 0.2) is 28.8 Å². The van der Waals surface area contributed by atoms with Gasteiger partial charge in [0.25, 0.3) is 0 Å². The van der Waals surface area contributed by atoms with Crippen LogP contribution >= 0.6 is 0 Å². The molecule has 7 nitrogen and oxygen atoms in total. The van der Waals surface area contributed by atoms with Crippen molar-refractivity contribution in [3.8, 4) is 0 Å². The number of aliphatic imine (C=N–C) groups is 1. The van der Waals surface area contributed by atoms with Crippen molar-refractivity contribution in [2.45, 2.75) is 39.3 Å². The number of hydrogen-bond acceptors (Lipinski definition) is 5. The number of carbonyl (C=O) groups excluding carboxylic acids is 1. The molecule has 0 spiro atoms. The highest BCUT2D eigenvalue weighted by Crippen LogP contribution is 2.27. The Balaban J connectivity index is 2.25. The predicted molar refractivity (Wildman–Crippen MR) is 89.0 cm³/mol. The second-order valence-electron chi connectivity index (χ2n) is 6.86. The molecular formula is C17H24N2O5. The van der Waals surface area contributed by atoms with E-state index in [2.05, 4.69) is 4.99 Å². The molecule has 2 rings (SSSR count). The number of dihydropyridines is 1. The monoisotopic (exact) mass is 336 g/mol. The fraction of sp³-hybridized carbons (Fsp3) is 0.588. The van der Waals surface area contributed by atoms with Gasteiger partial charge in [0.05, 0.1) is 25.1 Å². The number of nitrogens with zero attached hydrogens (tertiary/aromatic N) is 2. The maximum atomic E-state index is 12.3. The third-order valence-electron chi connectivity index (χ3n) is 3.93. The first kappa shape index (κ1) is 18.0. The molecule has 7 heteroatoms. The molecule has 0 aliphatic carbocycles. The summed E-state index contributed by atoms with van der Waals surface area (Å²) >= 11 is 0. The van der Waals surface area contributed by atoms with Gasteiger partial charge in [-0.1, -0.05) is 12.2 Å². The van der Waals surface area contributed by atoms with Gasteiger partial charge in [0.1, 0.15) is 6.10 Å². The summed E-state index contributed by atoms with van der Waals surface area (Å²) in [6.07, 6.45) is 4.52. The standard InChI is InChI=1S/C17H24N2O5/c1-17(2,3)15(20)24-13-10-19(16(21)22)9-8-11(13)12-6-5-7-14(18-12)23-4/h5,7-8,12-13H,6,9-10H2,1-4H3,(H,21,22)/t12-,13?/m1/s1. The molecule has 0 radical (unpaired) electrons. The fourth-order valence-corrected chi connectivity index (χ4v) is 2.52. The van der Waals surface area contributed by atoms with Crippen molar-refractivity contribution >= 4 is 18.0 Å². The van der Waals surface area contributed by atoms with Gasteiger partial charge in [0, 0.05) is 6.54 Å². The third-order valence-corrected chi connectivity index (χ3v) is 3.93. The van der Waals surface area contributed by atoms with Crippen LogP contribution in [0.5, 0.6) is 0 Å². The minimum atomic E-state index is -1.04. The van der Waals surface area contributed by atoms with Crippen molar-refractivity contribution in [3.63, 3.8) is 0 Å². The van der Waals surface area contributed by atoms with Crippen molar-refractivity contribution in [1.82, 2.24) is 4.90 Å². The average molecular weight is 336 g/mol. The highest BCUT2D eigenvalue weighted by atomic mass is 16.5. The molecule has 1 unspecified atom stereocenters. The molecule has 2 heterocycles. The summed E-state index contributed by atoms with van der Waals surface area (Å²) in [4.78, 5) is 29.3. The van der Waals surface area contributed by atoms with Crippen LogP contribution < -0.4 is 0 Å². The zero-order valence-corrected chi connectivity index (χ0v) is 14.5. The molecule has 2 aliphatic heterocycles. The smallest absolute Gasteiger partial charge is 0.407 e. The lowest BCUT2D eigenvalue weighted by molar-refractivity contribution is -0.157. The Hall–Kier alpha value is -2.31. The minimum absolute atomic E-state index is 0.112. The number of amides is 1. The Kier molecular flexibility index (Phi) is 5.31. The molecule has 0 aromatic rings. The van der Waals surface area contributed by atoms with E-state index in [1.807, 2.05) is 6.08 Å². The zero-order valence-electron chi connectivity index (χ0n) is 14.5. The van der Waals surface area contributed by atoms with Gasteiger partial charge in [-0.25, -0.2) is 9.79 Å². The summed E-state index contributed by atoms with van der Waals surface area (Å²) in [6.45, 7) is 5.66. The van der Waals surface area contributed by atoms with Gasteiger partial charge in [0.15, 0.2) is 0 Å². The quantitative estimate of drug-likeness (QED) is 0.617. The predicted octanol–water partition coefficient (Wildman–Crippen LogP) is 2.24. The van der Waals surface area contributed by atoms with Crippen LogP contribution in [0.1, 0.15) is 27.2 Å². The van der Waals surface area contributed by atoms with E-state index in [4.69, 9.17) is 9.47 Å². The molecule has 2 aliphatic rings. The molecule has 0 saturated heterocycles. The summed E-state index contributed by atoms with van der Waals surface area (Å²) in [7, 11) is 1.55. The third kappa shape index (κ3) is 4.15. The van der Waals surface area contributed by atoms with E-state index < -0.39 is 17.6 Å². The van der Waals surface area contributed by atoms with Gasteiger partial charge in [-0.15, -0.1) is 0 Å².